The van der Waals surface area contributed by atoms with Gasteiger partial charge in [0.1, 0.15) is 0 Å². The van der Waals surface area contributed by atoms with E-state index >= 15 is 0 Å². The van der Waals surface area contributed by atoms with Crippen LogP contribution in [-0.2, 0) is 0 Å². The molecule has 0 saturated heterocycles. The highest BCUT2D eigenvalue weighted by Crippen LogP contribution is 2.21. The standard InChI is InChI=1S/C7H15NO.ClH/c1-8(2)6-3-4-7(9)5-6;/h6-7,9H,3-5H2,1-2H3;1H/t6-,7-;/m0./s1. The summed E-state index contributed by atoms with van der Waals surface area (Å²) in [6.45, 7) is 0. The van der Waals surface area contributed by atoms with Gasteiger partial charge in [-0.05, 0) is 33.4 Å². The Bertz CT molecular complexity index is 97.6. The molecule has 10 heavy (non-hydrogen) atoms. The Labute approximate surface area is 68.6 Å². The zero-order valence-electron chi connectivity index (χ0n) is 6.58. The third-order valence-corrected chi connectivity index (χ3v) is 2.11. The van der Waals surface area contributed by atoms with Gasteiger partial charge in [-0.15, -0.1) is 12.4 Å². The Balaban J connectivity index is 0.000000810. The predicted octanol–water partition coefficient (Wildman–Crippen LogP) is 0.883. The monoisotopic (exact) mass is 165 g/mol. The number of hydrogen-bond acceptors (Lipinski definition) is 2. The van der Waals surface area contributed by atoms with E-state index in [0.717, 1.165) is 19.3 Å². The topological polar surface area (TPSA) is 23.5 Å². The van der Waals surface area contributed by atoms with Crippen molar-refractivity contribution in [2.75, 3.05) is 14.1 Å². The van der Waals surface area contributed by atoms with Crippen LogP contribution in [0.25, 0.3) is 0 Å². The third kappa shape index (κ3) is 2.45. The summed E-state index contributed by atoms with van der Waals surface area (Å²) in [6.07, 6.45) is 3.08. The van der Waals surface area contributed by atoms with Gasteiger partial charge >= 0.3 is 0 Å². The van der Waals surface area contributed by atoms with Gasteiger partial charge in [0.2, 0.25) is 0 Å². The van der Waals surface area contributed by atoms with Crippen LogP contribution in [0.2, 0.25) is 0 Å². The largest absolute Gasteiger partial charge is 0.393 e. The molecule has 0 amide bonds. The van der Waals surface area contributed by atoms with Crippen LogP contribution in [0.5, 0.6) is 0 Å². The van der Waals surface area contributed by atoms with Gasteiger partial charge in [-0.3, -0.25) is 0 Å². The quantitative estimate of drug-likeness (QED) is 0.624. The summed E-state index contributed by atoms with van der Waals surface area (Å²) in [5.74, 6) is 0. The fraction of sp³-hybridized carbons (Fsp3) is 1.00. The van der Waals surface area contributed by atoms with E-state index in [1.54, 1.807) is 0 Å². The Kier molecular flexibility index (Phi) is 4.25. The second kappa shape index (κ2) is 4.16. The van der Waals surface area contributed by atoms with E-state index in [1.807, 2.05) is 0 Å². The van der Waals surface area contributed by atoms with Crippen molar-refractivity contribution in [3.05, 3.63) is 0 Å². The summed E-state index contributed by atoms with van der Waals surface area (Å²) in [7, 11) is 4.14. The second-order valence-corrected chi connectivity index (χ2v) is 3.08. The molecule has 0 bridgehead atoms. The maximum absolute atomic E-state index is 9.12. The van der Waals surface area contributed by atoms with E-state index in [2.05, 4.69) is 19.0 Å². The lowest BCUT2D eigenvalue weighted by Crippen LogP contribution is -2.25. The van der Waals surface area contributed by atoms with Crippen molar-refractivity contribution in [2.45, 2.75) is 31.4 Å². The van der Waals surface area contributed by atoms with Crippen LogP contribution in [-0.4, -0.2) is 36.2 Å². The first kappa shape index (κ1) is 10.2. The lowest BCUT2D eigenvalue weighted by molar-refractivity contribution is 0.169. The molecule has 1 fully saturated rings. The van der Waals surface area contributed by atoms with Crippen molar-refractivity contribution in [2.24, 2.45) is 0 Å². The smallest absolute Gasteiger partial charge is 0.0555 e. The molecule has 0 spiro atoms. The fourth-order valence-electron chi connectivity index (χ4n) is 1.40. The molecule has 0 aromatic rings. The average molecular weight is 166 g/mol. The van der Waals surface area contributed by atoms with Gasteiger partial charge in [-0.2, -0.15) is 0 Å². The molecule has 0 aromatic carbocycles. The molecule has 3 heteroatoms. The highest BCUT2D eigenvalue weighted by atomic mass is 35.5. The SMILES string of the molecule is CN(C)[C@H]1CC[C@H](O)C1.Cl. The molecule has 0 unspecified atom stereocenters. The minimum Gasteiger partial charge on any atom is -0.393 e. The predicted molar refractivity (Wildman–Crippen MR) is 44.6 cm³/mol. The minimum absolute atomic E-state index is 0. The molecular weight excluding hydrogens is 150 g/mol. The molecule has 62 valence electrons. The molecule has 1 aliphatic rings. The maximum atomic E-state index is 9.12. The van der Waals surface area contributed by atoms with Crippen LogP contribution in [0.4, 0.5) is 0 Å². The van der Waals surface area contributed by atoms with Crippen LogP contribution in [0, 0.1) is 0 Å². The van der Waals surface area contributed by atoms with Gasteiger partial charge in [0.15, 0.2) is 0 Å². The number of aliphatic hydroxyl groups is 1. The lowest BCUT2D eigenvalue weighted by Gasteiger charge is -2.17. The van der Waals surface area contributed by atoms with Crippen molar-refractivity contribution >= 4 is 12.4 Å². The molecule has 0 aliphatic heterocycles. The Morgan fingerprint density at radius 2 is 1.90 bits per heavy atom. The van der Waals surface area contributed by atoms with Gasteiger partial charge in [0.05, 0.1) is 6.10 Å². The summed E-state index contributed by atoms with van der Waals surface area (Å²) in [6, 6.07) is 0.625. The van der Waals surface area contributed by atoms with Crippen molar-refractivity contribution in [3.8, 4) is 0 Å². The third-order valence-electron chi connectivity index (χ3n) is 2.11. The van der Waals surface area contributed by atoms with Crippen molar-refractivity contribution in [3.63, 3.8) is 0 Å². The number of rotatable bonds is 1. The highest BCUT2D eigenvalue weighted by Gasteiger charge is 2.23. The van der Waals surface area contributed by atoms with E-state index in [0.29, 0.717) is 6.04 Å². The molecule has 1 saturated carbocycles. The molecular formula is C7H16ClNO. The lowest BCUT2D eigenvalue weighted by atomic mass is 10.2. The van der Waals surface area contributed by atoms with E-state index in [9.17, 15) is 0 Å². The van der Waals surface area contributed by atoms with Crippen LogP contribution in [0.15, 0.2) is 0 Å². The summed E-state index contributed by atoms with van der Waals surface area (Å²) >= 11 is 0. The number of nitrogens with zero attached hydrogens (tertiary/aromatic N) is 1. The summed E-state index contributed by atoms with van der Waals surface area (Å²) < 4.78 is 0. The molecule has 1 rings (SSSR count). The minimum atomic E-state index is -0.0302. The van der Waals surface area contributed by atoms with E-state index in [-0.39, 0.29) is 18.5 Å². The zero-order valence-corrected chi connectivity index (χ0v) is 7.40. The first-order valence-electron chi connectivity index (χ1n) is 3.54. The molecule has 1 aliphatic carbocycles. The fourth-order valence-corrected chi connectivity index (χ4v) is 1.40. The van der Waals surface area contributed by atoms with Gasteiger partial charge in [-0.1, -0.05) is 0 Å². The highest BCUT2D eigenvalue weighted by molar-refractivity contribution is 5.85. The average Bonchev–Trinajstić information content (AvgIpc) is 2.14. The summed E-state index contributed by atoms with van der Waals surface area (Å²) in [5.41, 5.74) is 0. The Morgan fingerprint density at radius 1 is 1.30 bits per heavy atom. The van der Waals surface area contributed by atoms with E-state index in [1.165, 1.54) is 0 Å². The Morgan fingerprint density at radius 3 is 2.10 bits per heavy atom. The second-order valence-electron chi connectivity index (χ2n) is 3.08. The van der Waals surface area contributed by atoms with Crippen LogP contribution >= 0.6 is 12.4 Å². The van der Waals surface area contributed by atoms with E-state index in [4.69, 9.17) is 5.11 Å². The first-order valence-corrected chi connectivity index (χ1v) is 3.54. The number of hydrogen-bond donors (Lipinski definition) is 1. The number of halogens is 1. The van der Waals surface area contributed by atoms with Gasteiger partial charge in [-0.25, -0.2) is 0 Å². The normalized spacial score (nSPS) is 32.4. The van der Waals surface area contributed by atoms with Crippen LogP contribution < -0.4 is 0 Å². The Hall–Kier alpha value is 0.210. The van der Waals surface area contributed by atoms with Crippen LogP contribution in [0.1, 0.15) is 19.3 Å². The van der Waals surface area contributed by atoms with Gasteiger partial charge in [0, 0.05) is 6.04 Å². The zero-order chi connectivity index (χ0) is 6.85. The van der Waals surface area contributed by atoms with Crippen molar-refractivity contribution in [1.82, 2.24) is 4.90 Å². The number of aliphatic hydroxyl groups excluding tert-OH is 1. The van der Waals surface area contributed by atoms with Crippen molar-refractivity contribution < 1.29 is 5.11 Å². The molecule has 2 nitrogen and oxygen atoms in total. The molecule has 0 aromatic heterocycles. The molecule has 0 radical (unpaired) electrons. The molecule has 0 heterocycles. The molecule has 1 N–H and O–H groups in total. The maximum Gasteiger partial charge on any atom is 0.0555 e. The first-order chi connectivity index (χ1) is 4.20. The van der Waals surface area contributed by atoms with E-state index < -0.39 is 0 Å². The summed E-state index contributed by atoms with van der Waals surface area (Å²) in [4.78, 5) is 2.19. The summed E-state index contributed by atoms with van der Waals surface area (Å²) in [5, 5.41) is 9.12. The van der Waals surface area contributed by atoms with Crippen molar-refractivity contribution in [1.29, 1.82) is 0 Å². The molecule has 2 atom stereocenters. The van der Waals surface area contributed by atoms with Gasteiger partial charge < -0.3 is 10.0 Å². The van der Waals surface area contributed by atoms with Gasteiger partial charge in [0.25, 0.3) is 0 Å². The van der Waals surface area contributed by atoms with Crippen LogP contribution in [0.3, 0.4) is 0 Å².